The zero-order chi connectivity index (χ0) is 14.0. The van der Waals surface area contributed by atoms with Crippen LogP contribution in [-0.2, 0) is 0 Å². The van der Waals surface area contributed by atoms with Crippen molar-refractivity contribution < 1.29 is 13.6 Å². The summed E-state index contributed by atoms with van der Waals surface area (Å²) in [6, 6.07) is 6.36. The molecule has 0 atom stereocenters. The number of hydrogen-bond acceptors (Lipinski definition) is 4. The van der Waals surface area contributed by atoms with Gasteiger partial charge in [-0.1, -0.05) is 6.07 Å². The van der Waals surface area contributed by atoms with E-state index in [4.69, 9.17) is 11.5 Å². The van der Waals surface area contributed by atoms with Gasteiger partial charge < -0.3 is 16.8 Å². The molecule has 7 heteroatoms. The molecule has 0 unspecified atom stereocenters. The Balaban J connectivity index is 2.40. The molecule has 5 N–H and O–H groups in total. The van der Waals surface area contributed by atoms with Gasteiger partial charge in [0, 0.05) is 0 Å². The van der Waals surface area contributed by atoms with Crippen LogP contribution >= 0.6 is 0 Å². The molecule has 5 nitrogen and oxygen atoms in total. The Bertz CT molecular complexity index is 646. The number of pyridine rings is 1. The normalized spacial score (nSPS) is 10.2. The fourth-order valence-corrected chi connectivity index (χ4v) is 1.44. The minimum atomic E-state index is -1.06. The minimum Gasteiger partial charge on any atom is -0.396 e. The van der Waals surface area contributed by atoms with Gasteiger partial charge in [0.1, 0.15) is 5.69 Å². The van der Waals surface area contributed by atoms with Crippen LogP contribution in [0, 0.1) is 11.6 Å². The molecule has 0 saturated carbocycles. The number of benzene rings is 1. The second kappa shape index (κ2) is 4.89. The molecular formula is C12H10F2N4O. The summed E-state index contributed by atoms with van der Waals surface area (Å²) in [6.45, 7) is 0. The second-order valence-corrected chi connectivity index (χ2v) is 3.72. The number of hydrogen-bond donors (Lipinski definition) is 3. The van der Waals surface area contributed by atoms with Crippen LogP contribution in [0.2, 0.25) is 0 Å². The fraction of sp³-hybridized carbons (Fsp3) is 0. The van der Waals surface area contributed by atoms with Gasteiger partial charge in [0.15, 0.2) is 17.5 Å². The Morgan fingerprint density at radius 1 is 1.21 bits per heavy atom. The molecule has 0 radical (unpaired) electrons. The highest BCUT2D eigenvalue weighted by Gasteiger charge is 2.11. The summed E-state index contributed by atoms with van der Waals surface area (Å²) in [5.41, 5.74) is 10.7. The van der Waals surface area contributed by atoms with Crippen LogP contribution in [0.15, 0.2) is 30.3 Å². The van der Waals surface area contributed by atoms with E-state index in [1.807, 2.05) is 0 Å². The summed E-state index contributed by atoms with van der Waals surface area (Å²) < 4.78 is 26.5. The highest BCUT2D eigenvalue weighted by Crippen LogP contribution is 2.24. The molecule has 0 aliphatic heterocycles. The van der Waals surface area contributed by atoms with Crippen molar-refractivity contribution in [2.24, 2.45) is 5.73 Å². The first-order valence-electron chi connectivity index (χ1n) is 5.26. The average molecular weight is 264 g/mol. The number of anilines is 3. The molecule has 1 heterocycles. The third-order valence-corrected chi connectivity index (χ3v) is 2.38. The van der Waals surface area contributed by atoms with Crippen molar-refractivity contribution in [3.63, 3.8) is 0 Å². The van der Waals surface area contributed by atoms with E-state index in [-0.39, 0.29) is 22.9 Å². The van der Waals surface area contributed by atoms with E-state index >= 15 is 0 Å². The minimum absolute atomic E-state index is 0.0285. The van der Waals surface area contributed by atoms with Crippen molar-refractivity contribution in [2.45, 2.75) is 0 Å². The van der Waals surface area contributed by atoms with Gasteiger partial charge in [0.2, 0.25) is 0 Å². The van der Waals surface area contributed by atoms with Crippen LogP contribution in [0.1, 0.15) is 10.5 Å². The number of amides is 1. The van der Waals surface area contributed by atoms with Gasteiger partial charge in [-0.3, -0.25) is 4.79 Å². The highest BCUT2D eigenvalue weighted by atomic mass is 19.2. The monoisotopic (exact) mass is 264 g/mol. The Labute approximate surface area is 107 Å². The average Bonchev–Trinajstić information content (AvgIpc) is 2.37. The van der Waals surface area contributed by atoms with E-state index in [1.54, 1.807) is 0 Å². The van der Waals surface area contributed by atoms with Crippen LogP contribution in [0.25, 0.3) is 0 Å². The van der Waals surface area contributed by atoms with E-state index in [1.165, 1.54) is 24.3 Å². The maximum absolute atomic E-state index is 13.5. The summed E-state index contributed by atoms with van der Waals surface area (Å²) in [5.74, 6) is -2.79. The largest absolute Gasteiger partial charge is 0.396 e. The van der Waals surface area contributed by atoms with Gasteiger partial charge in [0.05, 0.1) is 11.4 Å². The molecule has 19 heavy (non-hydrogen) atoms. The number of nitrogen functional groups attached to an aromatic ring is 1. The molecule has 0 bridgehead atoms. The maximum Gasteiger partial charge on any atom is 0.267 e. The highest BCUT2D eigenvalue weighted by molar-refractivity contribution is 5.92. The van der Waals surface area contributed by atoms with Gasteiger partial charge in [-0.15, -0.1) is 0 Å². The molecule has 98 valence electrons. The van der Waals surface area contributed by atoms with Crippen molar-refractivity contribution in [3.8, 4) is 0 Å². The Morgan fingerprint density at radius 3 is 2.63 bits per heavy atom. The summed E-state index contributed by atoms with van der Waals surface area (Å²) in [5, 5.41) is 2.52. The quantitative estimate of drug-likeness (QED) is 0.787. The van der Waals surface area contributed by atoms with Gasteiger partial charge in [-0.25, -0.2) is 13.8 Å². The number of nitrogens with two attached hydrogens (primary N) is 2. The van der Waals surface area contributed by atoms with Crippen molar-refractivity contribution >= 4 is 23.1 Å². The van der Waals surface area contributed by atoms with Gasteiger partial charge >= 0.3 is 0 Å². The zero-order valence-corrected chi connectivity index (χ0v) is 9.65. The van der Waals surface area contributed by atoms with Gasteiger partial charge in [-0.05, 0) is 24.3 Å². The summed E-state index contributed by atoms with van der Waals surface area (Å²) in [4.78, 5) is 14.8. The van der Waals surface area contributed by atoms with Crippen LogP contribution in [-0.4, -0.2) is 10.9 Å². The fourth-order valence-electron chi connectivity index (χ4n) is 1.44. The summed E-state index contributed by atoms with van der Waals surface area (Å²) in [6.07, 6.45) is 0. The molecule has 0 spiro atoms. The number of rotatable bonds is 3. The smallest absolute Gasteiger partial charge is 0.267 e. The lowest BCUT2D eigenvalue weighted by atomic mass is 10.2. The number of carbonyl (C=O) groups excluding carboxylic acids is 1. The molecule has 0 aliphatic carbocycles. The maximum atomic E-state index is 13.5. The van der Waals surface area contributed by atoms with Crippen LogP contribution in [0.4, 0.5) is 26.0 Å². The lowest BCUT2D eigenvalue weighted by molar-refractivity contribution is 0.0996. The number of nitrogens with one attached hydrogen (secondary N) is 1. The van der Waals surface area contributed by atoms with Gasteiger partial charge in [-0.2, -0.15) is 0 Å². The van der Waals surface area contributed by atoms with Crippen LogP contribution in [0.5, 0.6) is 0 Å². The standard InChI is InChI=1S/C12H10F2N4O/c13-6-2-1-3-8(10(6)14)17-12-7(15)4-5-9(18-12)11(16)19/h1-5H,15H2,(H2,16,19)(H,17,18). The first kappa shape index (κ1) is 12.7. The lowest BCUT2D eigenvalue weighted by Gasteiger charge is -2.10. The molecule has 0 saturated heterocycles. The summed E-state index contributed by atoms with van der Waals surface area (Å²) in [7, 11) is 0. The molecule has 1 amide bonds. The second-order valence-electron chi connectivity index (χ2n) is 3.72. The first-order chi connectivity index (χ1) is 8.99. The Morgan fingerprint density at radius 2 is 1.95 bits per heavy atom. The summed E-state index contributed by atoms with van der Waals surface area (Å²) >= 11 is 0. The van der Waals surface area contributed by atoms with Gasteiger partial charge in [0.25, 0.3) is 5.91 Å². The topological polar surface area (TPSA) is 94.0 Å². The third-order valence-electron chi connectivity index (χ3n) is 2.38. The number of carbonyl (C=O) groups is 1. The molecule has 2 aromatic rings. The van der Waals surface area contributed by atoms with Crippen molar-refractivity contribution in [1.29, 1.82) is 0 Å². The predicted molar refractivity (Wildman–Crippen MR) is 66.8 cm³/mol. The number of halogens is 2. The molecule has 1 aromatic heterocycles. The SMILES string of the molecule is NC(=O)c1ccc(N)c(Nc2cccc(F)c2F)n1. The van der Waals surface area contributed by atoms with E-state index < -0.39 is 17.5 Å². The van der Waals surface area contributed by atoms with Crippen molar-refractivity contribution in [2.75, 3.05) is 11.1 Å². The first-order valence-corrected chi connectivity index (χ1v) is 5.26. The number of nitrogens with zero attached hydrogens (tertiary/aromatic N) is 1. The molecule has 1 aromatic carbocycles. The van der Waals surface area contributed by atoms with Crippen molar-refractivity contribution in [1.82, 2.24) is 4.98 Å². The van der Waals surface area contributed by atoms with Crippen LogP contribution in [0.3, 0.4) is 0 Å². The Kier molecular flexibility index (Phi) is 3.28. The molecule has 0 aliphatic rings. The zero-order valence-electron chi connectivity index (χ0n) is 9.65. The Hall–Kier alpha value is -2.70. The van der Waals surface area contributed by atoms with E-state index in [9.17, 15) is 13.6 Å². The van der Waals surface area contributed by atoms with E-state index in [2.05, 4.69) is 10.3 Å². The molecular weight excluding hydrogens is 254 g/mol. The van der Waals surface area contributed by atoms with Crippen LogP contribution < -0.4 is 16.8 Å². The molecule has 0 fully saturated rings. The van der Waals surface area contributed by atoms with Crippen molar-refractivity contribution in [3.05, 3.63) is 47.7 Å². The molecule has 2 rings (SSSR count). The van der Waals surface area contributed by atoms with E-state index in [0.29, 0.717) is 0 Å². The number of aromatic nitrogens is 1. The van der Waals surface area contributed by atoms with E-state index in [0.717, 1.165) is 6.07 Å². The lowest BCUT2D eigenvalue weighted by Crippen LogP contribution is -2.14. The third kappa shape index (κ3) is 2.59. The predicted octanol–water partition coefficient (Wildman–Crippen LogP) is 1.78. The number of primary amides is 1.